The highest BCUT2D eigenvalue weighted by Gasteiger charge is 2.20. The highest BCUT2D eigenvalue weighted by molar-refractivity contribution is 5.97. The topological polar surface area (TPSA) is 84.2 Å². The number of carboxylic acid groups (broad SMARTS) is 1. The first-order valence-corrected chi connectivity index (χ1v) is 6.97. The number of carbonyl (C=O) groups excluding carboxylic acids is 1. The third kappa shape index (κ3) is 3.00. The van der Waals surface area contributed by atoms with Crippen molar-refractivity contribution in [3.05, 3.63) is 46.8 Å². The number of aliphatic carboxylic acids is 1. The maximum atomic E-state index is 12.1. The molecule has 22 heavy (non-hydrogen) atoms. The molecule has 1 heterocycles. The van der Waals surface area contributed by atoms with Crippen LogP contribution in [0.2, 0.25) is 0 Å². The molecule has 2 N–H and O–H groups in total. The average molecular weight is 301 g/mol. The second-order valence-corrected chi connectivity index (χ2v) is 5.38. The van der Waals surface area contributed by atoms with Crippen LogP contribution >= 0.6 is 0 Å². The van der Waals surface area contributed by atoms with Crippen LogP contribution in [0.5, 0.6) is 0 Å². The lowest BCUT2D eigenvalue weighted by Crippen LogP contribution is -2.38. The van der Waals surface area contributed by atoms with Crippen LogP contribution in [-0.2, 0) is 4.79 Å². The van der Waals surface area contributed by atoms with Crippen LogP contribution in [0.1, 0.15) is 34.1 Å². The van der Waals surface area contributed by atoms with Gasteiger partial charge in [0.25, 0.3) is 5.91 Å². The van der Waals surface area contributed by atoms with E-state index in [1.165, 1.54) is 13.1 Å². The van der Waals surface area contributed by atoms with Gasteiger partial charge in [-0.2, -0.15) is 5.10 Å². The van der Waals surface area contributed by atoms with Gasteiger partial charge in [0.2, 0.25) is 0 Å². The fraction of sp³-hybridized carbons (Fsp3) is 0.312. The van der Waals surface area contributed by atoms with Gasteiger partial charge in [-0.15, -0.1) is 0 Å². The van der Waals surface area contributed by atoms with Gasteiger partial charge >= 0.3 is 5.97 Å². The zero-order valence-electron chi connectivity index (χ0n) is 13.0. The molecule has 1 amide bonds. The molecule has 0 spiro atoms. The first kappa shape index (κ1) is 15.8. The first-order chi connectivity index (χ1) is 10.3. The number of carboxylic acids is 1. The summed E-state index contributed by atoms with van der Waals surface area (Å²) >= 11 is 0. The number of benzene rings is 1. The molecule has 0 bridgehead atoms. The van der Waals surface area contributed by atoms with Crippen molar-refractivity contribution in [3.8, 4) is 5.69 Å². The van der Waals surface area contributed by atoms with E-state index < -0.39 is 17.9 Å². The lowest BCUT2D eigenvalue weighted by atomic mass is 10.1. The summed E-state index contributed by atoms with van der Waals surface area (Å²) in [6.45, 7) is 7.17. The number of nitrogens with one attached hydrogen (secondary N) is 1. The van der Waals surface area contributed by atoms with E-state index in [4.69, 9.17) is 5.11 Å². The molecule has 0 aliphatic rings. The van der Waals surface area contributed by atoms with E-state index >= 15 is 0 Å². The molecule has 1 aromatic heterocycles. The van der Waals surface area contributed by atoms with E-state index in [1.807, 2.05) is 32.0 Å². The van der Waals surface area contributed by atoms with Gasteiger partial charge in [0.1, 0.15) is 6.04 Å². The van der Waals surface area contributed by atoms with Crippen LogP contribution in [0, 0.1) is 20.8 Å². The van der Waals surface area contributed by atoms with Crippen molar-refractivity contribution in [1.29, 1.82) is 0 Å². The number of nitrogens with zero attached hydrogens (tertiary/aromatic N) is 2. The minimum atomic E-state index is -1.08. The van der Waals surface area contributed by atoms with E-state index in [0.717, 1.165) is 16.8 Å². The van der Waals surface area contributed by atoms with Crippen LogP contribution in [0.3, 0.4) is 0 Å². The Labute approximate surface area is 128 Å². The lowest BCUT2D eigenvalue weighted by Gasteiger charge is -2.11. The summed E-state index contributed by atoms with van der Waals surface area (Å²) in [5, 5.41) is 15.6. The maximum absolute atomic E-state index is 12.1. The zero-order chi connectivity index (χ0) is 16.4. The van der Waals surface area contributed by atoms with Gasteiger partial charge in [-0.25, -0.2) is 4.68 Å². The van der Waals surface area contributed by atoms with Gasteiger partial charge in [-0.1, -0.05) is 12.1 Å². The van der Waals surface area contributed by atoms with Crippen molar-refractivity contribution < 1.29 is 14.7 Å². The second-order valence-electron chi connectivity index (χ2n) is 5.38. The van der Waals surface area contributed by atoms with E-state index in [9.17, 15) is 9.59 Å². The van der Waals surface area contributed by atoms with E-state index in [1.54, 1.807) is 11.6 Å². The van der Waals surface area contributed by atoms with Crippen LogP contribution in [0.15, 0.2) is 24.4 Å². The number of hydrogen-bond acceptors (Lipinski definition) is 3. The van der Waals surface area contributed by atoms with E-state index in [0.29, 0.717) is 11.3 Å². The molecular formula is C16H19N3O3. The highest BCUT2D eigenvalue weighted by Crippen LogP contribution is 2.19. The Kier molecular flexibility index (Phi) is 4.30. The average Bonchev–Trinajstić information content (AvgIpc) is 2.83. The maximum Gasteiger partial charge on any atom is 0.325 e. The molecule has 0 unspecified atom stereocenters. The van der Waals surface area contributed by atoms with Crippen molar-refractivity contribution >= 4 is 11.9 Å². The van der Waals surface area contributed by atoms with Gasteiger partial charge in [-0.3, -0.25) is 9.59 Å². The van der Waals surface area contributed by atoms with Crippen molar-refractivity contribution in [3.63, 3.8) is 0 Å². The van der Waals surface area contributed by atoms with Crippen molar-refractivity contribution in [2.24, 2.45) is 0 Å². The third-order valence-corrected chi connectivity index (χ3v) is 3.57. The Hall–Kier alpha value is -2.63. The molecule has 0 saturated heterocycles. The molecule has 1 atom stereocenters. The number of hydrogen-bond donors (Lipinski definition) is 2. The monoisotopic (exact) mass is 301 g/mol. The molecule has 6 nitrogen and oxygen atoms in total. The van der Waals surface area contributed by atoms with Crippen molar-refractivity contribution in [1.82, 2.24) is 15.1 Å². The van der Waals surface area contributed by atoms with Gasteiger partial charge < -0.3 is 10.4 Å². The molecule has 2 aromatic rings. The second kappa shape index (κ2) is 6.01. The highest BCUT2D eigenvalue weighted by atomic mass is 16.4. The Morgan fingerprint density at radius 2 is 1.95 bits per heavy atom. The summed E-state index contributed by atoms with van der Waals surface area (Å²) in [6.07, 6.45) is 1.46. The van der Waals surface area contributed by atoms with Crippen LogP contribution < -0.4 is 5.32 Å². The summed E-state index contributed by atoms with van der Waals surface area (Å²) in [5.74, 6) is -1.52. The smallest absolute Gasteiger partial charge is 0.325 e. The molecule has 2 rings (SSSR count). The SMILES string of the molecule is Cc1ccc(C)c(-n2ncc(C(=O)N[C@H](C)C(=O)O)c2C)c1. The molecule has 0 saturated carbocycles. The standard InChI is InChI=1S/C16H19N3O3/c1-9-5-6-10(2)14(7-9)19-12(4)13(8-17-19)15(20)18-11(3)16(21)22/h5-8,11H,1-4H3,(H,18,20)(H,21,22)/t11-/m1/s1. The first-order valence-electron chi connectivity index (χ1n) is 6.97. The van der Waals surface area contributed by atoms with E-state index in [2.05, 4.69) is 10.4 Å². The van der Waals surface area contributed by atoms with Crippen LogP contribution in [-0.4, -0.2) is 32.8 Å². The molecule has 0 aliphatic heterocycles. The van der Waals surface area contributed by atoms with Gasteiger partial charge in [0.15, 0.2) is 0 Å². The Balaban J connectivity index is 2.35. The summed E-state index contributed by atoms with van der Waals surface area (Å²) in [5.41, 5.74) is 4.09. The Morgan fingerprint density at radius 1 is 1.27 bits per heavy atom. The molecule has 0 aliphatic carbocycles. The van der Waals surface area contributed by atoms with Gasteiger partial charge in [-0.05, 0) is 44.9 Å². The van der Waals surface area contributed by atoms with Crippen LogP contribution in [0.4, 0.5) is 0 Å². The third-order valence-electron chi connectivity index (χ3n) is 3.57. The Bertz CT molecular complexity index is 734. The summed E-state index contributed by atoms with van der Waals surface area (Å²) < 4.78 is 1.70. The molecule has 116 valence electrons. The quantitative estimate of drug-likeness (QED) is 0.904. The summed E-state index contributed by atoms with van der Waals surface area (Å²) in [7, 11) is 0. The molecule has 0 radical (unpaired) electrons. The largest absolute Gasteiger partial charge is 0.480 e. The summed E-state index contributed by atoms with van der Waals surface area (Å²) in [6, 6.07) is 5.06. The lowest BCUT2D eigenvalue weighted by molar-refractivity contribution is -0.138. The number of aromatic nitrogens is 2. The Morgan fingerprint density at radius 3 is 2.59 bits per heavy atom. The van der Waals surface area contributed by atoms with Crippen molar-refractivity contribution in [2.75, 3.05) is 0 Å². The molecule has 1 aromatic carbocycles. The zero-order valence-corrected chi connectivity index (χ0v) is 13.0. The molecule has 0 fully saturated rings. The normalized spacial score (nSPS) is 12.0. The summed E-state index contributed by atoms with van der Waals surface area (Å²) in [4.78, 5) is 23.0. The van der Waals surface area contributed by atoms with E-state index in [-0.39, 0.29) is 0 Å². The van der Waals surface area contributed by atoms with Gasteiger partial charge in [0, 0.05) is 0 Å². The number of rotatable bonds is 4. The fourth-order valence-electron chi connectivity index (χ4n) is 2.16. The number of amides is 1. The number of aryl methyl sites for hydroxylation is 2. The molecular weight excluding hydrogens is 282 g/mol. The predicted octanol–water partition coefficient (Wildman–Crippen LogP) is 2.00. The minimum absolute atomic E-state index is 0.369. The minimum Gasteiger partial charge on any atom is -0.480 e. The fourth-order valence-corrected chi connectivity index (χ4v) is 2.16. The van der Waals surface area contributed by atoms with Crippen LogP contribution in [0.25, 0.3) is 5.69 Å². The predicted molar refractivity (Wildman–Crippen MR) is 82.3 cm³/mol. The van der Waals surface area contributed by atoms with Gasteiger partial charge in [0.05, 0.1) is 23.1 Å². The molecule has 6 heteroatoms. The number of carbonyl (C=O) groups is 2. The van der Waals surface area contributed by atoms with Crippen molar-refractivity contribution in [2.45, 2.75) is 33.7 Å².